The maximum Gasteiger partial charge on any atom is 0.248 e. The Kier molecular flexibility index (Phi) is 6.18. The summed E-state index contributed by atoms with van der Waals surface area (Å²) >= 11 is 0. The van der Waals surface area contributed by atoms with E-state index < -0.39 is 10.0 Å². The fourth-order valence-corrected chi connectivity index (χ4v) is 3.45. The largest absolute Gasteiger partial charge is 0.496 e. The van der Waals surface area contributed by atoms with Crippen LogP contribution in [0.15, 0.2) is 53.4 Å². The van der Waals surface area contributed by atoms with E-state index in [2.05, 4.69) is 5.32 Å². The van der Waals surface area contributed by atoms with Gasteiger partial charge >= 0.3 is 0 Å². The number of anilines is 1. The van der Waals surface area contributed by atoms with Gasteiger partial charge in [0.25, 0.3) is 0 Å². The van der Waals surface area contributed by atoms with Gasteiger partial charge in [-0.15, -0.1) is 0 Å². The van der Waals surface area contributed by atoms with E-state index in [0.29, 0.717) is 17.0 Å². The minimum atomic E-state index is -3.58. The first-order chi connectivity index (χ1) is 12.3. The molecular formula is C19H22N2O4S. The molecule has 0 fully saturated rings. The van der Waals surface area contributed by atoms with Gasteiger partial charge in [0.2, 0.25) is 15.9 Å². The van der Waals surface area contributed by atoms with Gasteiger partial charge in [0, 0.05) is 31.4 Å². The molecule has 0 saturated carbocycles. The number of hydrogen-bond donors (Lipinski definition) is 1. The van der Waals surface area contributed by atoms with Crippen molar-refractivity contribution < 1.29 is 17.9 Å². The molecule has 0 unspecified atom stereocenters. The molecule has 7 heteroatoms. The molecule has 2 aromatic carbocycles. The lowest BCUT2D eigenvalue weighted by molar-refractivity contribution is -0.111. The van der Waals surface area contributed by atoms with E-state index in [9.17, 15) is 13.2 Å². The van der Waals surface area contributed by atoms with Crippen molar-refractivity contribution in [1.82, 2.24) is 4.31 Å². The number of aryl methyl sites for hydroxylation is 1. The summed E-state index contributed by atoms with van der Waals surface area (Å²) in [5, 5.41) is 2.68. The molecular weight excluding hydrogens is 352 g/mol. The van der Waals surface area contributed by atoms with Crippen molar-refractivity contribution in [3.05, 3.63) is 59.7 Å². The smallest absolute Gasteiger partial charge is 0.248 e. The standard InChI is InChI=1S/C19H22N2O4S/c1-14-9-11-16(13-18(14)26(23,24)21(2)3)20-19(22)12-10-15-7-5-6-8-17(15)25-4/h5-13H,1-4H3,(H,20,22). The highest BCUT2D eigenvalue weighted by Gasteiger charge is 2.20. The topological polar surface area (TPSA) is 75.7 Å². The minimum absolute atomic E-state index is 0.161. The van der Waals surface area contributed by atoms with E-state index in [0.717, 1.165) is 9.87 Å². The molecule has 0 atom stereocenters. The monoisotopic (exact) mass is 374 g/mol. The lowest BCUT2D eigenvalue weighted by atomic mass is 10.2. The van der Waals surface area contributed by atoms with E-state index in [-0.39, 0.29) is 10.8 Å². The van der Waals surface area contributed by atoms with Crippen molar-refractivity contribution in [2.75, 3.05) is 26.5 Å². The molecule has 0 saturated heterocycles. The highest BCUT2D eigenvalue weighted by atomic mass is 32.2. The number of methoxy groups -OCH3 is 1. The Balaban J connectivity index is 2.21. The van der Waals surface area contributed by atoms with Crippen LogP contribution < -0.4 is 10.1 Å². The zero-order valence-corrected chi connectivity index (χ0v) is 16.0. The van der Waals surface area contributed by atoms with Crippen molar-refractivity contribution in [2.24, 2.45) is 0 Å². The SMILES string of the molecule is COc1ccccc1C=CC(=O)Nc1ccc(C)c(S(=O)(=O)N(C)C)c1. The van der Waals surface area contributed by atoms with Gasteiger partial charge in [0.1, 0.15) is 5.75 Å². The van der Waals surface area contributed by atoms with E-state index in [4.69, 9.17) is 4.74 Å². The number of hydrogen-bond acceptors (Lipinski definition) is 4. The summed E-state index contributed by atoms with van der Waals surface area (Å²) in [7, 11) is 0.915. The molecule has 138 valence electrons. The van der Waals surface area contributed by atoms with Crippen LogP contribution >= 0.6 is 0 Å². The zero-order valence-electron chi connectivity index (χ0n) is 15.2. The van der Waals surface area contributed by atoms with Gasteiger partial charge in [0.15, 0.2) is 0 Å². The molecule has 0 aliphatic heterocycles. The van der Waals surface area contributed by atoms with Gasteiger partial charge in [0.05, 0.1) is 12.0 Å². The number of nitrogens with zero attached hydrogens (tertiary/aromatic N) is 1. The zero-order chi connectivity index (χ0) is 19.3. The molecule has 6 nitrogen and oxygen atoms in total. The Bertz CT molecular complexity index is 934. The maximum atomic E-state index is 12.4. The fraction of sp³-hybridized carbons (Fsp3) is 0.211. The lowest BCUT2D eigenvalue weighted by Gasteiger charge is -2.14. The van der Waals surface area contributed by atoms with Gasteiger partial charge in [-0.25, -0.2) is 12.7 Å². The first-order valence-electron chi connectivity index (χ1n) is 7.91. The third kappa shape index (κ3) is 4.50. The molecule has 26 heavy (non-hydrogen) atoms. The van der Waals surface area contributed by atoms with Crippen molar-refractivity contribution in [1.29, 1.82) is 0 Å². The number of benzene rings is 2. The number of amides is 1. The van der Waals surface area contributed by atoms with Crippen LogP contribution in [0.1, 0.15) is 11.1 Å². The average molecular weight is 374 g/mol. The molecule has 1 N–H and O–H groups in total. The van der Waals surface area contributed by atoms with Crippen LogP contribution in [0.25, 0.3) is 6.08 Å². The van der Waals surface area contributed by atoms with E-state index >= 15 is 0 Å². The van der Waals surface area contributed by atoms with Crippen molar-refractivity contribution in [3.63, 3.8) is 0 Å². The molecule has 0 bridgehead atoms. The molecule has 2 aromatic rings. The Hall–Kier alpha value is -2.64. The molecule has 0 aliphatic rings. The molecule has 0 heterocycles. The quantitative estimate of drug-likeness (QED) is 0.789. The Morgan fingerprint density at radius 1 is 1.15 bits per heavy atom. The molecule has 0 spiro atoms. The van der Waals surface area contributed by atoms with Crippen LogP contribution in [0.5, 0.6) is 5.75 Å². The molecule has 0 aliphatic carbocycles. The summed E-state index contributed by atoms with van der Waals surface area (Å²) in [6.07, 6.45) is 3.01. The summed E-state index contributed by atoms with van der Waals surface area (Å²) in [5.41, 5.74) is 1.79. The van der Waals surface area contributed by atoms with Crippen LogP contribution in [-0.2, 0) is 14.8 Å². The number of carbonyl (C=O) groups is 1. The second-order valence-corrected chi connectivity index (χ2v) is 7.95. The normalized spacial score (nSPS) is 11.7. The predicted molar refractivity (Wildman–Crippen MR) is 103 cm³/mol. The second kappa shape index (κ2) is 8.16. The van der Waals surface area contributed by atoms with Gasteiger partial charge in [-0.2, -0.15) is 0 Å². The fourth-order valence-electron chi connectivity index (χ4n) is 2.31. The van der Waals surface area contributed by atoms with Gasteiger partial charge < -0.3 is 10.1 Å². The van der Waals surface area contributed by atoms with Crippen LogP contribution in [0.3, 0.4) is 0 Å². The molecule has 0 radical (unpaired) electrons. The third-order valence-electron chi connectivity index (χ3n) is 3.77. The second-order valence-electron chi connectivity index (χ2n) is 5.83. The molecule has 1 amide bonds. The van der Waals surface area contributed by atoms with E-state index in [1.54, 1.807) is 38.3 Å². The van der Waals surface area contributed by atoms with Gasteiger partial charge in [-0.3, -0.25) is 4.79 Å². The Morgan fingerprint density at radius 2 is 1.85 bits per heavy atom. The van der Waals surface area contributed by atoms with Crippen LogP contribution in [0.4, 0.5) is 5.69 Å². The number of para-hydroxylation sites is 1. The average Bonchev–Trinajstić information content (AvgIpc) is 2.61. The lowest BCUT2D eigenvalue weighted by Crippen LogP contribution is -2.23. The number of nitrogens with one attached hydrogen (secondary N) is 1. The van der Waals surface area contributed by atoms with E-state index in [1.807, 2.05) is 18.2 Å². The van der Waals surface area contributed by atoms with Crippen LogP contribution in [0, 0.1) is 6.92 Å². The Labute approximate surface area is 154 Å². The number of carbonyl (C=O) groups excluding carboxylic acids is 1. The number of rotatable bonds is 6. The van der Waals surface area contributed by atoms with Crippen LogP contribution in [-0.4, -0.2) is 39.8 Å². The third-order valence-corrected chi connectivity index (χ3v) is 5.72. The van der Waals surface area contributed by atoms with Crippen molar-refractivity contribution >= 4 is 27.7 Å². The summed E-state index contributed by atoms with van der Waals surface area (Å²) in [6.45, 7) is 1.71. The van der Waals surface area contributed by atoms with Crippen molar-refractivity contribution in [3.8, 4) is 5.75 Å². The molecule has 0 aromatic heterocycles. The number of sulfonamides is 1. The summed E-state index contributed by atoms with van der Waals surface area (Å²) in [6, 6.07) is 12.1. The van der Waals surface area contributed by atoms with E-state index in [1.165, 1.54) is 26.2 Å². The maximum absolute atomic E-state index is 12.4. The summed E-state index contributed by atoms with van der Waals surface area (Å²) in [4.78, 5) is 12.3. The molecule has 2 rings (SSSR count). The van der Waals surface area contributed by atoms with Gasteiger partial charge in [-0.1, -0.05) is 24.3 Å². The summed E-state index contributed by atoms with van der Waals surface area (Å²) < 4.78 is 31.1. The van der Waals surface area contributed by atoms with Crippen LogP contribution in [0.2, 0.25) is 0 Å². The summed E-state index contributed by atoms with van der Waals surface area (Å²) in [5.74, 6) is 0.291. The minimum Gasteiger partial charge on any atom is -0.496 e. The number of ether oxygens (including phenoxy) is 1. The highest BCUT2D eigenvalue weighted by molar-refractivity contribution is 7.89. The first kappa shape index (κ1) is 19.7. The Morgan fingerprint density at radius 3 is 2.50 bits per heavy atom. The first-order valence-corrected chi connectivity index (χ1v) is 9.35. The van der Waals surface area contributed by atoms with Gasteiger partial charge in [-0.05, 0) is 36.8 Å². The predicted octanol–water partition coefficient (Wildman–Crippen LogP) is 2.91. The highest BCUT2D eigenvalue weighted by Crippen LogP contribution is 2.23. The van der Waals surface area contributed by atoms with Crippen molar-refractivity contribution in [2.45, 2.75) is 11.8 Å².